The van der Waals surface area contributed by atoms with E-state index in [0.29, 0.717) is 25.3 Å². The second-order valence-corrected chi connectivity index (χ2v) is 3.89. The van der Waals surface area contributed by atoms with Crippen LogP contribution in [0.25, 0.3) is 6.08 Å². The molecule has 0 radical (unpaired) electrons. The van der Waals surface area contributed by atoms with Gasteiger partial charge in [-0.3, -0.25) is 4.79 Å². The Hall–Kier alpha value is -1.81. The van der Waals surface area contributed by atoms with Gasteiger partial charge in [-0.15, -0.1) is 0 Å². The lowest BCUT2D eigenvalue weighted by Gasteiger charge is -2.17. The zero-order chi connectivity index (χ0) is 12.1. The smallest absolute Gasteiger partial charge is 0.250 e. The van der Waals surface area contributed by atoms with Gasteiger partial charge in [-0.25, -0.2) is 0 Å². The predicted octanol–water partition coefficient (Wildman–Crippen LogP) is 0.927. The summed E-state index contributed by atoms with van der Waals surface area (Å²) in [5.74, 6) is 0.749. The van der Waals surface area contributed by atoms with Gasteiger partial charge in [0.25, 0.3) is 5.91 Å². The van der Waals surface area contributed by atoms with Crippen LogP contribution < -0.4 is 15.8 Å². The third-order valence-electron chi connectivity index (χ3n) is 2.59. The summed E-state index contributed by atoms with van der Waals surface area (Å²) < 4.78 is 5.51. The Balaban J connectivity index is 2.04. The Morgan fingerprint density at radius 3 is 3.06 bits per heavy atom. The molecule has 0 atom stereocenters. The zero-order valence-electron chi connectivity index (χ0n) is 9.61. The van der Waals surface area contributed by atoms with Crippen molar-refractivity contribution in [2.75, 3.05) is 19.7 Å². The van der Waals surface area contributed by atoms with Crippen LogP contribution in [-0.2, 0) is 4.79 Å². The number of para-hydroxylation sites is 1. The van der Waals surface area contributed by atoms with Crippen LogP contribution in [0.15, 0.2) is 29.8 Å². The molecule has 1 aliphatic heterocycles. The largest absolute Gasteiger partial charge is 0.488 e. The minimum atomic E-state index is -0.0760. The minimum absolute atomic E-state index is 0.0760. The molecule has 0 aliphatic carbocycles. The number of benzene rings is 1. The van der Waals surface area contributed by atoms with Crippen molar-refractivity contribution in [3.05, 3.63) is 35.4 Å². The molecule has 4 heteroatoms. The van der Waals surface area contributed by atoms with Gasteiger partial charge in [-0.2, -0.15) is 0 Å². The molecule has 2 rings (SSSR count). The highest BCUT2D eigenvalue weighted by Gasteiger charge is 2.16. The molecule has 17 heavy (non-hydrogen) atoms. The fourth-order valence-electron chi connectivity index (χ4n) is 1.66. The first kappa shape index (κ1) is 11.7. The summed E-state index contributed by atoms with van der Waals surface area (Å²) in [6, 6.07) is 7.67. The number of carbonyl (C=O) groups excluding carboxylic acids is 1. The van der Waals surface area contributed by atoms with Gasteiger partial charge in [-0.1, -0.05) is 18.2 Å². The van der Waals surface area contributed by atoms with Crippen LogP contribution >= 0.6 is 0 Å². The van der Waals surface area contributed by atoms with Crippen molar-refractivity contribution in [1.82, 2.24) is 5.32 Å². The highest BCUT2D eigenvalue weighted by Crippen LogP contribution is 2.25. The zero-order valence-corrected chi connectivity index (χ0v) is 9.61. The first-order valence-electron chi connectivity index (χ1n) is 5.72. The number of ether oxygens (including phenoxy) is 1. The molecular formula is C13H16N2O2. The van der Waals surface area contributed by atoms with Crippen molar-refractivity contribution in [3.63, 3.8) is 0 Å². The molecule has 0 saturated heterocycles. The van der Waals surface area contributed by atoms with Gasteiger partial charge in [0.15, 0.2) is 0 Å². The van der Waals surface area contributed by atoms with E-state index < -0.39 is 0 Å². The Labute approximate surface area is 100 Å². The molecule has 4 nitrogen and oxygen atoms in total. The van der Waals surface area contributed by atoms with Crippen LogP contribution in [-0.4, -0.2) is 25.6 Å². The van der Waals surface area contributed by atoms with Crippen molar-refractivity contribution in [2.24, 2.45) is 5.73 Å². The Morgan fingerprint density at radius 2 is 2.24 bits per heavy atom. The van der Waals surface area contributed by atoms with E-state index in [1.165, 1.54) is 0 Å². The number of hydrogen-bond donors (Lipinski definition) is 2. The van der Waals surface area contributed by atoms with Crippen LogP contribution in [0, 0.1) is 0 Å². The highest BCUT2D eigenvalue weighted by atomic mass is 16.5. The number of nitrogens with two attached hydrogens (primary N) is 1. The lowest BCUT2D eigenvalue weighted by atomic mass is 10.1. The number of fused-ring (bicyclic) bond motifs is 1. The molecule has 0 fully saturated rings. The van der Waals surface area contributed by atoms with E-state index in [2.05, 4.69) is 5.32 Å². The summed E-state index contributed by atoms with van der Waals surface area (Å²) in [7, 11) is 0. The summed E-state index contributed by atoms with van der Waals surface area (Å²) in [5, 5.41) is 2.82. The topological polar surface area (TPSA) is 64.3 Å². The molecule has 1 heterocycles. The van der Waals surface area contributed by atoms with Crippen LogP contribution in [0.5, 0.6) is 5.75 Å². The van der Waals surface area contributed by atoms with Crippen LogP contribution in [0.3, 0.4) is 0 Å². The third-order valence-corrected chi connectivity index (χ3v) is 2.59. The standard InChI is InChI=1S/C13H16N2O2/c14-6-3-7-15-13(16)11-8-10-4-1-2-5-12(10)17-9-11/h1-2,4-5,8H,3,6-7,9,14H2,(H,15,16). The summed E-state index contributed by atoms with van der Waals surface area (Å²) in [6.07, 6.45) is 2.66. The fourth-order valence-corrected chi connectivity index (χ4v) is 1.66. The maximum atomic E-state index is 11.8. The molecule has 0 bridgehead atoms. The van der Waals surface area contributed by atoms with E-state index in [1.54, 1.807) is 0 Å². The number of rotatable bonds is 4. The van der Waals surface area contributed by atoms with Gasteiger partial charge in [-0.05, 0) is 25.1 Å². The Kier molecular flexibility index (Phi) is 3.77. The fraction of sp³-hybridized carbons (Fsp3) is 0.308. The maximum Gasteiger partial charge on any atom is 0.250 e. The molecule has 1 amide bonds. The number of hydrogen-bond acceptors (Lipinski definition) is 3. The molecule has 90 valence electrons. The van der Waals surface area contributed by atoms with Gasteiger partial charge in [0, 0.05) is 12.1 Å². The van der Waals surface area contributed by atoms with E-state index in [9.17, 15) is 4.79 Å². The van der Waals surface area contributed by atoms with Crippen molar-refractivity contribution in [2.45, 2.75) is 6.42 Å². The average molecular weight is 232 g/mol. The first-order valence-corrected chi connectivity index (χ1v) is 5.72. The molecule has 1 aliphatic rings. The highest BCUT2D eigenvalue weighted by molar-refractivity contribution is 5.99. The van der Waals surface area contributed by atoms with Crippen molar-refractivity contribution >= 4 is 12.0 Å². The van der Waals surface area contributed by atoms with Gasteiger partial charge < -0.3 is 15.8 Å². The van der Waals surface area contributed by atoms with E-state index in [4.69, 9.17) is 10.5 Å². The normalized spacial score (nSPS) is 13.4. The predicted molar refractivity (Wildman–Crippen MR) is 66.6 cm³/mol. The van der Waals surface area contributed by atoms with E-state index in [-0.39, 0.29) is 5.91 Å². The van der Waals surface area contributed by atoms with E-state index in [1.807, 2.05) is 30.3 Å². The monoisotopic (exact) mass is 232 g/mol. The minimum Gasteiger partial charge on any atom is -0.488 e. The van der Waals surface area contributed by atoms with Crippen LogP contribution in [0.1, 0.15) is 12.0 Å². The molecule has 3 N–H and O–H groups in total. The third kappa shape index (κ3) is 2.85. The van der Waals surface area contributed by atoms with Crippen molar-refractivity contribution < 1.29 is 9.53 Å². The second-order valence-electron chi connectivity index (χ2n) is 3.89. The summed E-state index contributed by atoms with van der Waals surface area (Å²) >= 11 is 0. The van der Waals surface area contributed by atoms with Crippen LogP contribution in [0.4, 0.5) is 0 Å². The van der Waals surface area contributed by atoms with Crippen LogP contribution in [0.2, 0.25) is 0 Å². The molecule has 1 aromatic carbocycles. The molecule has 0 unspecified atom stereocenters. The quantitative estimate of drug-likeness (QED) is 0.759. The number of carbonyl (C=O) groups is 1. The number of amides is 1. The summed E-state index contributed by atoms with van der Waals surface area (Å²) in [6.45, 7) is 1.51. The van der Waals surface area contributed by atoms with Crippen molar-refractivity contribution in [1.29, 1.82) is 0 Å². The Bertz CT molecular complexity index is 441. The summed E-state index contributed by atoms with van der Waals surface area (Å²) in [4.78, 5) is 11.8. The van der Waals surface area contributed by atoms with Gasteiger partial charge in [0.1, 0.15) is 12.4 Å². The van der Waals surface area contributed by atoms with Gasteiger partial charge in [0.2, 0.25) is 0 Å². The van der Waals surface area contributed by atoms with Gasteiger partial charge >= 0.3 is 0 Å². The maximum absolute atomic E-state index is 11.8. The first-order chi connectivity index (χ1) is 8.31. The molecule has 0 aromatic heterocycles. The number of nitrogens with one attached hydrogen (secondary N) is 1. The molecule has 1 aromatic rings. The summed E-state index contributed by atoms with van der Waals surface area (Å²) in [5.41, 5.74) is 6.97. The molecule has 0 saturated carbocycles. The Morgan fingerprint density at radius 1 is 1.41 bits per heavy atom. The second kappa shape index (κ2) is 5.50. The van der Waals surface area contributed by atoms with Gasteiger partial charge in [0.05, 0.1) is 5.57 Å². The van der Waals surface area contributed by atoms with E-state index in [0.717, 1.165) is 17.7 Å². The lowest BCUT2D eigenvalue weighted by Crippen LogP contribution is -2.30. The average Bonchev–Trinajstić information content (AvgIpc) is 2.38. The van der Waals surface area contributed by atoms with Crippen molar-refractivity contribution in [3.8, 4) is 5.75 Å². The van der Waals surface area contributed by atoms with E-state index >= 15 is 0 Å². The molecule has 0 spiro atoms. The lowest BCUT2D eigenvalue weighted by molar-refractivity contribution is -0.117. The molecular weight excluding hydrogens is 216 g/mol. The SMILES string of the molecule is NCCCNC(=O)C1=Cc2ccccc2OC1.